The average molecular weight is 490 g/mol. The van der Waals surface area contributed by atoms with Gasteiger partial charge in [-0.25, -0.2) is 8.42 Å². The molecule has 1 rings (SSSR count). The summed E-state index contributed by atoms with van der Waals surface area (Å²) in [6.07, 6.45) is 2.24. The van der Waals surface area contributed by atoms with Gasteiger partial charge in [-0.15, -0.1) is 24.0 Å². The fourth-order valence-electron chi connectivity index (χ4n) is 2.47. The van der Waals surface area contributed by atoms with Crippen LogP contribution >= 0.6 is 24.0 Å². The third-order valence-electron chi connectivity index (χ3n) is 3.83. The monoisotopic (exact) mass is 490 g/mol. The maximum Gasteiger partial charge on any atom is 0.216 e. The zero-order valence-corrected chi connectivity index (χ0v) is 19.2. The highest BCUT2D eigenvalue weighted by atomic mass is 127. The lowest BCUT2D eigenvalue weighted by molar-refractivity contribution is 0.0904. The molecule has 0 radical (unpaired) electrons. The summed E-state index contributed by atoms with van der Waals surface area (Å²) in [6.45, 7) is 12.2. The molecular weight excluding hydrogens is 455 g/mol. The normalized spacial score (nSPS) is 16.8. The van der Waals surface area contributed by atoms with Crippen LogP contribution in [0.25, 0.3) is 0 Å². The number of guanidine groups is 1. The first-order valence-corrected chi connectivity index (χ1v) is 10.6. The van der Waals surface area contributed by atoms with E-state index in [0.29, 0.717) is 26.2 Å². The van der Waals surface area contributed by atoms with E-state index in [1.54, 1.807) is 4.31 Å². The minimum Gasteiger partial charge on any atom is -0.378 e. The molecule has 1 aliphatic rings. The van der Waals surface area contributed by atoms with Gasteiger partial charge in [-0.2, -0.15) is 4.31 Å². The van der Waals surface area contributed by atoms with Gasteiger partial charge in [0.05, 0.1) is 18.5 Å². The van der Waals surface area contributed by atoms with Gasteiger partial charge >= 0.3 is 0 Å². The quantitative estimate of drug-likeness (QED) is 0.231. The van der Waals surface area contributed by atoms with E-state index >= 15 is 0 Å². The molecule has 1 heterocycles. The molecule has 0 aromatic carbocycles. The third-order valence-corrected chi connectivity index (χ3v) is 5.67. The predicted octanol–water partition coefficient (Wildman–Crippen LogP) is 1.74. The van der Waals surface area contributed by atoms with Gasteiger partial charge in [0.2, 0.25) is 10.0 Å². The van der Waals surface area contributed by atoms with Crippen LogP contribution in [0.5, 0.6) is 0 Å². The molecule has 25 heavy (non-hydrogen) atoms. The molecule has 1 N–H and O–H groups in total. The van der Waals surface area contributed by atoms with E-state index in [9.17, 15) is 8.42 Å². The van der Waals surface area contributed by atoms with Gasteiger partial charge in [0.25, 0.3) is 0 Å². The summed E-state index contributed by atoms with van der Waals surface area (Å²) in [5.41, 5.74) is 0. The molecule has 0 aromatic rings. The number of hydrogen-bond donors (Lipinski definition) is 1. The van der Waals surface area contributed by atoms with Gasteiger partial charge in [0.1, 0.15) is 0 Å². The van der Waals surface area contributed by atoms with Crippen molar-refractivity contribution in [2.45, 2.75) is 46.6 Å². The minimum absolute atomic E-state index is 0. The Hall–Kier alpha value is -0.130. The van der Waals surface area contributed by atoms with Crippen LogP contribution in [-0.2, 0) is 14.8 Å². The molecule has 0 aromatic heterocycles. The summed E-state index contributed by atoms with van der Waals surface area (Å²) in [7, 11) is -3.24. The van der Waals surface area contributed by atoms with Crippen molar-refractivity contribution in [2.75, 3.05) is 51.6 Å². The smallest absolute Gasteiger partial charge is 0.216 e. The summed E-state index contributed by atoms with van der Waals surface area (Å²) in [6, 6.07) is 0. The Balaban J connectivity index is 0.00000576. The number of aliphatic imine (C=N–C) groups is 1. The van der Waals surface area contributed by atoms with Crippen LogP contribution < -0.4 is 5.32 Å². The lowest BCUT2D eigenvalue weighted by Gasteiger charge is -2.35. The summed E-state index contributed by atoms with van der Waals surface area (Å²) in [4.78, 5) is 6.78. The molecule has 0 unspecified atom stereocenters. The summed E-state index contributed by atoms with van der Waals surface area (Å²) < 4.78 is 31.7. The molecular formula is C16H35IN4O3S. The first-order chi connectivity index (χ1) is 11.4. The van der Waals surface area contributed by atoms with Crippen molar-refractivity contribution in [1.82, 2.24) is 14.5 Å². The maximum atomic E-state index is 12.4. The van der Waals surface area contributed by atoms with Crippen LogP contribution in [0.15, 0.2) is 4.99 Å². The van der Waals surface area contributed by atoms with Crippen LogP contribution in [0.1, 0.15) is 40.5 Å². The standard InChI is InChI=1S/C16H34N4O3S.HI/c1-5-7-8-18-16(17-6-2)19-9-11-20(12-10-19)24(21,22)14-13-23-15(3)4;/h15H,5-14H2,1-4H3,(H,17,18);1H. The molecule has 150 valence electrons. The Kier molecular flexibility index (Phi) is 13.0. The van der Waals surface area contributed by atoms with Crippen LogP contribution in [0.3, 0.4) is 0 Å². The highest BCUT2D eigenvalue weighted by molar-refractivity contribution is 14.0. The van der Waals surface area contributed by atoms with Gasteiger partial charge in [-0.3, -0.25) is 4.99 Å². The summed E-state index contributed by atoms with van der Waals surface area (Å²) in [5, 5.41) is 3.30. The molecule has 1 fully saturated rings. The first kappa shape index (κ1) is 24.9. The number of nitrogens with one attached hydrogen (secondary N) is 1. The van der Waals surface area contributed by atoms with Crippen molar-refractivity contribution in [3.8, 4) is 0 Å². The lowest BCUT2D eigenvalue weighted by atomic mass is 10.3. The van der Waals surface area contributed by atoms with Gasteiger partial charge in [-0.1, -0.05) is 13.3 Å². The van der Waals surface area contributed by atoms with Crippen LogP contribution in [0.2, 0.25) is 0 Å². The van der Waals surface area contributed by atoms with Crippen molar-refractivity contribution >= 4 is 40.0 Å². The molecule has 0 atom stereocenters. The molecule has 0 saturated carbocycles. The highest BCUT2D eigenvalue weighted by Crippen LogP contribution is 2.09. The van der Waals surface area contributed by atoms with Gasteiger partial charge in [0, 0.05) is 39.3 Å². The first-order valence-electron chi connectivity index (χ1n) is 9.03. The van der Waals surface area contributed by atoms with Crippen molar-refractivity contribution < 1.29 is 13.2 Å². The van der Waals surface area contributed by atoms with E-state index in [0.717, 1.165) is 31.9 Å². The van der Waals surface area contributed by atoms with Gasteiger partial charge in [0.15, 0.2) is 5.96 Å². The van der Waals surface area contributed by atoms with Crippen molar-refractivity contribution in [2.24, 2.45) is 4.99 Å². The Morgan fingerprint density at radius 3 is 2.36 bits per heavy atom. The summed E-state index contributed by atoms with van der Waals surface area (Å²) >= 11 is 0. The third kappa shape index (κ3) is 9.39. The molecule has 7 nitrogen and oxygen atoms in total. The molecule has 1 aliphatic heterocycles. The second-order valence-corrected chi connectivity index (χ2v) is 8.30. The number of rotatable bonds is 9. The molecule has 0 aliphatic carbocycles. The van der Waals surface area contributed by atoms with Crippen molar-refractivity contribution in [3.05, 3.63) is 0 Å². The van der Waals surface area contributed by atoms with Crippen molar-refractivity contribution in [1.29, 1.82) is 0 Å². The van der Waals surface area contributed by atoms with E-state index in [1.807, 2.05) is 20.8 Å². The molecule has 0 spiro atoms. The number of hydrogen-bond acceptors (Lipinski definition) is 4. The van der Waals surface area contributed by atoms with E-state index in [2.05, 4.69) is 22.1 Å². The Labute approximate surface area is 170 Å². The number of nitrogens with zero attached hydrogens (tertiary/aromatic N) is 3. The second kappa shape index (κ2) is 13.1. The van der Waals surface area contributed by atoms with E-state index in [4.69, 9.17) is 4.74 Å². The number of halogens is 1. The van der Waals surface area contributed by atoms with Gasteiger partial charge in [-0.05, 0) is 27.2 Å². The van der Waals surface area contributed by atoms with E-state index < -0.39 is 10.0 Å². The highest BCUT2D eigenvalue weighted by Gasteiger charge is 2.27. The lowest BCUT2D eigenvalue weighted by Crippen LogP contribution is -2.54. The van der Waals surface area contributed by atoms with Gasteiger partial charge < -0.3 is 15.0 Å². The van der Waals surface area contributed by atoms with E-state index in [-0.39, 0.29) is 42.4 Å². The Morgan fingerprint density at radius 2 is 1.84 bits per heavy atom. The largest absolute Gasteiger partial charge is 0.378 e. The fraction of sp³-hybridized carbons (Fsp3) is 0.938. The number of sulfonamides is 1. The van der Waals surface area contributed by atoms with Crippen LogP contribution in [0, 0.1) is 0 Å². The molecule has 1 saturated heterocycles. The fourth-order valence-corrected chi connectivity index (χ4v) is 3.75. The molecule has 0 bridgehead atoms. The van der Waals surface area contributed by atoms with E-state index in [1.165, 1.54) is 0 Å². The number of unbranched alkanes of at least 4 members (excludes halogenated alkanes) is 1. The number of ether oxygens (including phenoxy) is 1. The van der Waals surface area contributed by atoms with Crippen LogP contribution in [-0.4, -0.2) is 81.3 Å². The van der Waals surface area contributed by atoms with Crippen molar-refractivity contribution in [3.63, 3.8) is 0 Å². The maximum absolute atomic E-state index is 12.4. The average Bonchev–Trinajstić information content (AvgIpc) is 2.54. The SMILES string of the molecule is CCCCN=C(NCC)N1CCN(S(=O)(=O)CCOC(C)C)CC1.I. The minimum atomic E-state index is -3.24. The number of piperazine rings is 1. The Bertz CT molecular complexity index is 478. The topological polar surface area (TPSA) is 74.2 Å². The zero-order chi connectivity index (χ0) is 18.0. The molecule has 0 amide bonds. The zero-order valence-electron chi connectivity index (χ0n) is 16.0. The Morgan fingerprint density at radius 1 is 1.20 bits per heavy atom. The van der Waals surface area contributed by atoms with Crippen LogP contribution in [0.4, 0.5) is 0 Å². The summed E-state index contributed by atoms with van der Waals surface area (Å²) in [5.74, 6) is 0.946. The second-order valence-electron chi connectivity index (χ2n) is 6.21. The predicted molar refractivity (Wildman–Crippen MR) is 114 cm³/mol. The molecule has 9 heteroatoms.